The first kappa shape index (κ1) is 18.3. The molecule has 1 aromatic carbocycles. The molecular weight excluding hydrogens is 322 g/mol. The molecule has 3 rings (SSSR count). The molecule has 1 radical (unpaired) electrons. The summed E-state index contributed by atoms with van der Waals surface area (Å²) in [6.07, 6.45) is 5.50. The highest BCUT2D eigenvalue weighted by Gasteiger charge is 2.24. The Morgan fingerprint density at radius 3 is 2.88 bits per heavy atom. The van der Waals surface area contributed by atoms with E-state index < -0.39 is 0 Å². The lowest BCUT2D eigenvalue weighted by atomic mass is 9.71. The van der Waals surface area contributed by atoms with Crippen LogP contribution in [0.4, 0.5) is 0 Å². The van der Waals surface area contributed by atoms with Gasteiger partial charge >= 0.3 is 0 Å². The van der Waals surface area contributed by atoms with Gasteiger partial charge < -0.3 is 10.2 Å². The van der Waals surface area contributed by atoms with E-state index in [-0.39, 0.29) is 0 Å². The van der Waals surface area contributed by atoms with Crippen molar-refractivity contribution in [1.82, 2.24) is 10.2 Å². The smallest absolute Gasteiger partial charge is 0.153 e. The van der Waals surface area contributed by atoms with E-state index in [0.29, 0.717) is 6.04 Å². The minimum atomic E-state index is 0.440. The molecule has 0 aliphatic carbocycles. The van der Waals surface area contributed by atoms with E-state index in [1.807, 2.05) is 0 Å². The normalized spacial score (nSPS) is 18.6. The molecule has 0 aromatic heterocycles. The van der Waals surface area contributed by atoms with Gasteiger partial charge in [0.05, 0.1) is 0 Å². The van der Waals surface area contributed by atoms with Crippen LogP contribution in [0, 0.1) is 0 Å². The molecule has 2 unspecified atom stereocenters. The summed E-state index contributed by atoms with van der Waals surface area (Å²) in [7, 11) is 5.26. The van der Waals surface area contributed by atoms with Gasteiger partial charge in [-0.25, -0.2) is 0 Å². The molecule has 131 valence electrons. The Bertz CT molecular complexity index is 710. The SMILES string of the molecule is C=C(C)CCC(=C)N1CCC(NC(=C)c2ccc3c(c2P)[B]CC3)C1. The number of rotatable bonds is 7. The van der Waals surface area contributed by atoms with Gasteiger partial charge in [-0.1, -0.05) is 48.2 Å². The number of nitrogens with zero attached hydrogens (tertiary/aromatic N) is 1. The van der Waals surface area contributed by atoms with Crippen molar-refractivity contribution in [2.75, 3.05) is 13.1 Å². The van der Waals surface area contributed by atoms with Gasteiger partial charge in [0.2, 0.25) is 0 Å². The predicted octanol–water partition coefficient (Wildman–Crippen LogP) is 3.00. The van der Waals surface area contributed by atoms with E-state index in [1.54, 1.807) is 0 Å². The molecule has 4 heteroatoms. The number of hydrogen-bond donors (Lipinski definition) is 1. The number of aryl methyl sites for hydroxylation is 1. The fourth-order valence-electron chi connectivity index (χ4n) is 3.78. The summed E-state index contributed by atoms with van der Waals surface area (Å²) >= 11 is 0. The van der Waals surface area contributed by atoms with Crippen LogP contribution in [0.1, 0.15) is 37.3 Å². The molecule has 0 spiro atoms. The highest BCUT2D eigenvalue weighted by atomic mass is 31.0. The first-order valence-corrected chi connectivity index (χ1v) is 9.81. The maximum Gasteiger partial charge on any atom is 0.153 e. The Morgan fingerprint density at radius 2 is 2.12 bits per heavy atom. The summed E-state index contributed by atoms with van der Waals surface area (Å²) in [5.41, 5.74) is 7.57. The van der Waals surface area contributed by atoms with Gasteiger partial charge in [-0.05, 0) is 37.9 Å². The van der Waals surface area contributed by atoms with Gasteiger partial charge in [0, 0.05) is 36.1 Å². The van der Waals surface area contributed by atoms with Crippen molar-refractivity contribution in [3.8, 4) is 0 Å². The fraction of sp³-hybridized carbons (Fsp3) is 0.429. The molecule has 0 amide bonds. The molecule has 2 aliphatic heterocycles. The maximum atomic E-state index is 4.31. The van der Waals surface area contributed by atoms with Crippen LogP contribution >= 0.6 is 9.24 Å². The van der Waals surface area contributed by atoms with Crippen molar-refractivity contribution in [2.45, 2.75) is 45.0 Å². The van der Waals surface area contributed by atoms with Crippen molar-refractivity contribution in [3.63, 3.8) is 0 Å². The number of fused-ring (bicyclic) bond motifs is 1. The highest BCUT2D eigenvalue weighted by molar-refractivity contribution is 7.29. The molecule has 1 fully saturated rings. The predicted molar refractivity (Wildman–Crippen MR) is 115 cm³/mol. The molecule has 1 aromatic rings. The molecule has 1 N–H and O–H groups in total. The fourth-order valence-corrected chi connectivity index (χ4v) is 4.35. The minimum Gasteiger partial charge on any atom is -0.380 e. The number of nitrogens with one attached hydrogen (secondary N) is 1. The number of hydrogen-bond acceptors (Lipinski definition) is 2. The topological polar surface area (TPSA) is 15.3 Å². The molecule has 2 atom stereocenters. The van der Waals surface area contributed by atoms with Crippen molar-refractivity contribution in [1.29, 1.82) is 0 Å². The lowest BCUT2D eigenvalue weighted by Crippen LogP contribution is -2.34. The average Bonchev–Trinajstić information content (AvgIpc) is 3.22. The Hall–Kier alpha value is -1.47. The first-order chi connectivity index (χ1) is 12.0. The lowest BCUT2D eigenvalue weighted by molar-refractivity contribution is 0.400. The van der Waals surface area contributed by atoms with Crippen LogP contribution in [0.2, 0.25) is 6.32 Å². The van der Waals surface area contributed by atoms with Crippen LogP contribution in [-0.2, 0) is 6.42 Å². The van der Waals surface area contributed by atoms with Crippen LogP contribution in [0.25, 0.3) is 5.70 Å². The molecular formula is C21H29BN2P. The average molecular weight is 351 g/mol. The maximum absolute atomic E-state index is 4.31. The molecule has 25 heavy (non-hydrogen) atoms. The van der Waals surface area contributed by atoms with Crippen LogP contribution in [0.15, 0.2) is 43.1 Å². The minimum absolute atomic E-state index is 0.440. The Kier molecular flexibility index (Phi) is 5.74. The van der Waals surface area contributed by atoms with Crippen molar-refractivity contribution in [2.24, 2.45) is 0 Å². The van der Waals surface area contributed by atoms with Gasteiger partial charge in [-0.2, -0.15) is 0 Å². The molecule has 0 bridgehead atoms. The standard InChI is InChI=1S/C21H29BN2P/c1-14(2)5-6-15(3)24-12-10-18(13-24)23-16(4)19-8-7-17-9-11-22-20(17)21(19)25/h7-8,18,23H,1,3-6,9-13,25H2,2H3. The van der Waals surface area contributed by atoms with Crippen LogP contribution < -0.4 is 16.1 Å². The Labute approximate surface area is 155 Å². The van der Waals surface area contributed by atoms with Gasteiger partial charge in [0.15, 0.2) is 7.28 Å². The number of allylic oxidation sites excluding steroid dienone is 2. The monoisotopic (exact) mass is 351 g/mol. The second kappa shape index (κ2) is 7.83. The molecule has 2 nitrogen and oxygen atoms in total. The van der Waals surface area contributed by atoms with E-state index in [0.717, 1.165) is 44.4 Å². The third kappa shape index (κ3) is 4.21. The summed E-state index contributed by atoms with van der Waals surface area (Å²) in [5, 5.41) is 4.94. The van der Waals surface area contributed by atoms with Crippen LogP contribution in [-0.4, -0.2) is 31.3 Å². The van der Waals surface area contributed by atoms with Gasteiger partial charge in [-0.3, -0.25) is 0 Å². The third-order valence-electron chi connectivity index (χ3n) is 5.32. The quantitative estimate of drug-likeness (QED) is 0.462. The highest BCUT2D eigenvalue weighted by Crippen LogP contribution is 2.22. The van der Waals surface area contributed by atoms with Crippen molar-refractivity contribution in [3.05, 3.63) is 54.3 Å². The zero-order valence-electron chi connectivity index (χ0n) is 15.4. The zero-order valence-corrected chi connectivity index (χ0v) is 16.6. The third-order valence-corrected chi connectivity index (χ3v) is 5.94. The van der Waals surface area contributed by atoms with Gasteiger partial charge in [-0.15, -0.1) is 15.8 Å². The second-order valence-electron chi connectivity index (χ2n) is 7.42. The zero-order chi connectivity index (χ0) is 18.0. The lowest BCUT2D eigenvalue weighted by Gasteiger charge is -2.23. The Morgan fingerprint density at radius 1 is 1.32 bits per heavy atom. The molecule has 0 saturated carbocycles. The summed E-state index contributed by atoms with van der Waals surface area (Å²) in [5.74, 6) is 0. The van der Waals surface area contributed by atoms with Gasteiger partial charge in [0.25, 0.3) is 0 Å². The van der Waals surface area contributed by atoms with E-state index in [9.17, 15) is 0 Å². The van der Waals surface area contributed by atoms with Gasteiger partial charge in [0.1, 0.15) is 0 Å². The van der Waals surface area contributed by atoms with E-state index in [4.69, 9.17) is 0 Å². The summed E-state index contributed by atoms with van der Waals surface area (Å²) < 4.78 is 0. The molecule has 2 aliphatic rings. The van der Waals surface area contributed by atoms with E-state index >= 15 is 0 Å². The van der Waals surface area contributed by atoms with E-state index in [1.165, 1.54) is 39.6 Å². The summed E-state index contributed by atoms with van der Waals surface area (Å²) in [6, 6.07) is 4.92. The van der Waals surface area contributed by atoms with Crippen molar-refractivity contribution >= 4 is 33.0 Å². The largest absolute Gasteiger partial charge is 0.380 e. The number of likely N-dealkylation sites (tertiary alicyclic amines) is 1. The molecule has 1 saturated heterocycles. The summed E-state index contributed by atoms with van der Waals surface area (Å²) in [4.78, 5) is 2.41. The van der Waals surface area contributed by atoms with Crippen LogP contribution in [0.3, 0.4) is 0 Å². The Balaban J connectivity index is 1.58. The second-order valence-corrected chi connectivity index (χ2v) is 8.00. The molecule has 2 heterocycles. The van der Waals surface area contributed by atoms with E-state index in [2.05, 4.69) is 65.5 Å². The van der Waals surface area contributed by atoms with Crippen molar-refractivity contribution < 1.29 is 0 Å². The number of benzene rings is 1. The first-order valence-electron chi connectivity index (χ1n) is 9.23. The summed E-state index contributed by atoms with van der Waals surface area (Å²) in [6.45, 7) is 16.7. The van der Waals surface area contributed by atoms with Crippen LogP contribution in [0.5, 0.6) is 0 Å².